The summed E-state index contributed by atoms with van der Waals surface area (Å²) in [5, 5.41) is 12.9. The summed E-state index contributed by atoms with van der Waals surface area (Å²) in [5.74, 6) is 0. The zero-order valence-corrected chi connectivity index (χ0v) is 8.74. The Kier molecular flexibility index (Phi) is 4.46. The van der Waals surface area contributed by atoms with E-state index in [1.807, 2.05) is 17.8 Å². The van der Waals surface area contributed by atoms with Gasteiger partial charge in [0.2, 0.25) is 0 Å². The molecule has 0 radical (unpaired) electrons. The number of aliphatic hydroxyl groups excluding tert-OH is 1. The van der Waals surface area contributed by atoms with Crippen molar-refractivity contribution in [2.75, 3.05) is 12.3 Å². The Labute approximate surface area is 84.7 Å². The van der Waals surface area contributed by atoms with E-state index in [0.717, 1.165) is 43.6 Å². The molecule has 1 aromatic heterocycles. The first-order chi connectivity index (χ1) is 6.74. The molecule has 3 N–H and O–H groups in total. The van der Waals surface area contributed by atoms with Gasteiger partial charge in [0.25, 0.3) is 0 Å². The summed E-state index contributed by atoms with van der Waals surface area (Å²) in [5.41, 5.74) is 7.34. The zero-order valence-electron chi connectivity index (χ0n) is 8.74. The highest BCUT2D eigenvalue weighted by atomic mass is 16.2. The molecule has 0 atom stereocenters. The summed E-state index contributed by atoms with van der Waals surface area (Å²) in [6, 6.07) is 0. The van der Waals surface area contributed by atoms with Gasteiger partial charge in [-0.3, -0.25) is 4.68 Å². The molecule has 0 spiro atoms. The molecule has 0 unspecified atom stereocenters. The number of aliphatic hydroxyl groups is 1. The van der Waals surface area contributed by atoms with Gasteiger partial charge in [0.1, 0.15) is 0 Å². The maximum atomic E-state index is 8.59. The summed E-state index contributed by atoms with van der Waals surface area (Å²) >= 11 is 0. The molecule has 0 bridgehead atoms. The van der Waals surface area contributed by atoms with Gasteiger partial charge >= 0.3 is 0 Å². The lowest BCUT2D eigenvalue weighted by Crippen LogP contribution is -1.98. The third-order valence-corrected chi connectivity index (χ3v) is 2.28. The molecule has 0 saturated carbocycles. The average Bonchev–Trinajstić information content (AvgIpc) is 2.46. The van der Waals surface area contributed by atoms with E-state index in [1.54, 1.807) is 0 Å². The van der Waals surface area contributed by atoms with E-state index >= 15 is 0 Å². The number of aromatic nitrogens is 2. The van der Waals surface area contributed by atoms with Crippen molar-refractivity contribution in [3.05, 3.63) is 11.9 Å². The third kappa shape index (κ3) is 3.38. The Hall–Kier alpha value is -1.03. The van der Waals surface area contributed by atoms with E-state index in [0.29, 0.717) is 6.61 Å². The molecule has 1 aromatic rings. The molecular formula is C10H19N3O. The largest absolute Gasteiger partial charge is 0.396 e. The lowest BCUT2D eigenvalue weighted by molar-refractivity contribution is 0.282. The molecule has 4 nitrogen and oxygen atoms in total. The van der Waals surface area contributed by atoms with Crippen molar-refractivity contribution in [2.24, 2.45) is 0 Å². The second kappa shape index (κ2) is 5.65. The van der Waals surface area contributed by atoms with Crippen LogP contribution in [0.2, 0.25) is 0 Å². The summed E-state index contributed by atoms with van der Waals surface area (Å²) in [6.07, 6.45) is 6.10. The predicted molar refractivity (Wildman–Crippen MR) is 56.9 cm³/mol. The topological polar surface area (TPSA) is 64.1 Å². The molecule has 1 rings (SSSR count). The summed E-state index contributed by atoms with van der Waals surface area (Å²) < 4.78 is 1.89. The standard InChI is InChI=1S/C10H19N3O/c1-9-10(11)8-13(12-9)6-4-2-3-5-7-14/h8,14H,2-7,11H2,1H3. The van der Waals surface area contributed by atoms with Crippen LogP contribution >= 0.6 is 0 Å². The fourth-order valence-electron chi connectivity index (χ4n) is 1.39. The van der Waals surface area contributed by atoms with E-state index < -0.39 is 0 Å². The number of anilines is 1. The fraction of sp³-hybridized carbons (Fsp3) is 0.700. The molecule has 80 valence electrons. The van der Waals surface area contributed by atoms with Crippen LogP contribution in [0, 0.1) is 6.92 Å². The maximum absolute atomic E-state index is 8.59. The van der Waals surface area contributed by atoms with Crippen molar-refractivity contribution in [1.29, 1.82) is 0 Å². The molecule has 14 heavy (non-hydrogen) atoms. The molecule has 0 aliphatic heterocycles. The van der Waals surface area contributed by atoms with Crippen LogP contribution < -0.4 is 5.73 Å². The minimum absolute atomic E-state index is 0.299. The van der Waals surface area contributed by atoms with Gasteiger partial charge in [-0.25, -0.2) is 0 Å². The smallest absolute Gasteiger partial charge is 0.0822 e. The first-order valence-electron chi connectivity index (χ1n) is 5.14. The number of rotatable bonds is 6. The molecule has 0 fully saturated rings. The maximum Gasteiger partial charge on any atom is 0.0822 e. The fourth-order valence-corrected chi connectivity index (χ4v) is 1.39. The van der Waals surface area contributed by atoms with Crippen LogP contribution in [0.3, 0.4) is 0 Å². The van der Waals surface area contributed by atoms with Crippen molar-refractivity contribution >= 4 is 5.69 Å². The van der Waals surface area contributed by atoms with Gasteiger partial charge in [0.15, 0.2) is 0 Å². The highest BCUT2D eigenvalue weighted by Crippen LogP contribution is 2.08. The number of hydrogen-bond acceptors (Lipinski definition) is 3. The third-order valence-electron chi connectivity index (χ3n) is 2.28. The van der Waals surface area contributed by atoms with Crippen LogP contribution in [0.5, 0.6) is 0 Å². The summed E-state index contributed by atoms with van der Waals surface area (Å²) in [7, 11) is 0. The highest BCUT2D eigenvalue weighted by Gasteiger charge is 1.99. The minimum atomic E-state index is 0.299. The van der Waals surface area contributed by atoms with Gasteiger partial charge in [0, 0.05) is 19.3 Å². The zero-order chi connectivity index (χ0) is 10.4. The molecule has 0 aromatic carbocycles. The lowest BCUT2D eigenvalue weighted by Gasteiger charge is -2.00. The van der Waals surface area contributed by atoms with Gasteiger partial charge in [-0.15, -0.1) is 0 Å². The average molecular weight is 197 g/mol. The Morgan fingerprint density at radius 3 is 2.64 bits per heavy atom. The number of nitrogen functional groups attached to an aromatic ring is 1. The number of nitrogens with two attached hydrogens (primary N) is 1. The van der Waals surface area contributed by atoms with Crippen molar-refractivity contribution < 1.29 is 5.11 Å². The van der Waals surface area contributed by atoms with Crippen LogP contribution in [0.15, 0.2) is 6.20 Å². The molecule has 1 heterocycles. The Balaban J connectivity index is 2.18. The molecule has 0 saturated heterocycles. The first-order valence-corrected chi connectivity index (χ1v) is 5.14. The molecule has 0 amide bonds. The molecular weight excluding hydrogens is 178 g/mol. The summed E-state index contributed by atoms with van der Waals surface area (Å²) in [4.78, 5) is 0. The Morgan fingerprint density at radius 2 is 2.07 bits per heavy atom. The lowest BCUT2D eigenvalue weighted by atomic mass is 10.2. The van der Waals surface area contributed by atoms with Crippen molar-refractivity contribution in [3.8, 4) is 0 Å². The molecule has 0 aliphatic rings. The van der Waals surface area contributed by atoms with Crippen molar-refractivity contribution in [3.63, 3.8) is 0 Å². The first kappa shape index (κ1) is 11.0. The number of aryl methyl sites for hydroxylation is 2. The van der Waals surface area contributed by atoms with Gasteiger partial charge in [-0.1, -0.05) is 12.8 Å². The molecule has 0 aliphatic carbocycles. The van der Waals surface area contributed by atoms with E-state index in [9.17, 15) is 0 Å². The van der Waals surface area contributed by atoms with Gasteiger partial charge in [-0.2, -0.15) is 5.10 Å². The second-order valence-electron chi connectivity index (χ2n) is 3.57. The predicted octanol–water partition coefficient (Wildman–Crippen LogP) is 1.33. The SMILES string of the molecule is Cc1nn(CCCCCCO)cc1N. The monoisotopic (exact) mass is 197 g/mol. The number of unbranched alkanes of at least 4 members (excludes halogenated alkanes) is 3. The summed E-state index contributed by atoms with van der Waals surface area (Å²) in [6.45, 7) is 3.13. The van der Waals surface area contributed by atoms with Crippen LogP contribution in [0.4, 0.5) is 5.69 Å². The quantitative estimate of drug-likeness (QED) is 0.676. The van der Waals surface area contributed by atoms with Crippen LogP contribution in [-0.2, 0) is 6.54 Å². The number of hydrogen-bond donors (Lipinski definition) is 2. The van der Waals surface area contributed by atoms with E-state index in [-0.39, 0.29) is 0 Å². The normalized spacial score (nSPS) is 10.7. The van der Waals surface area contributed by atoms with E-state index in [2.05, 4.69) is 5.10 Å². The van der Waals surface area contributed by atoms with Gasteiger partial charge in [0.05, 0.1) is 11.4 Å². The second-order valence-corrected chi connectivity index (χ2v) is 3.57. The number of nitrogens with zero attached hydrogens (tertiary/aromatic N) is 2. The Morgan fingerprint density at radius 1 is 1.36 bits per heavy atom. The van der Waals surface area contributed by atoms with Crippen LogP contribution in [0.25, 0.3) is 0 Å². The van der Waals surface area contributed by atoms with Gasteiger partial charge < -0.3 is 10.8 Å². The highest BCUT2D eigenvalue weighted by molar-refractivity contribution is 5.39. The van der Waals surface area contributed by atoms with Crippen molar-refractivity contribution in [2.45, 2.75) is 39.2 Å². The van der Waals surface area contributed by atoms with E-state index in [1.165, 1.54) is 0 Å². The Bertz CT molecular complexity index is 251. The van der Waals surface area contributed by atoms with Gasteiger partial charge in [-0.05, 0) is 19.8 Å². The molecule has 4 heteroatoms. The van der Waals surface area contributed by atoms with Crippen molar-refractivity contribution in [1.82, 2.24) is 9.78 Å². The van der Waals surface area contributed by atoms with Crippen LogP contribution in [0.1, 0.15) is 31.4 Å². The van der Waals surface area contributed by atoms with E-state index in [4.69, 9.17) is 10.8 Å². The minimum Gasteiger partial charge on any atom is -0.396 e. The van der Waals surface area contributed by atoms with Crippen LogP contribution in [-0.4, -0.2) is 21.5 Å².